The molecule has 1 heterocycles. The number of benzene rings is 1. The Labute approximate surface area is 153 Å². The lowest BCUT2D eigenvalue weighted by atomic mass is 9.96. The molecule has 0 radical (unpaired) electrons. The zero-order valence-electron chi connectivity index (χ0n) is 15.5. The number of hydrogen-bond donors (Lipinski definition) is 2. The van der Waals surface area contributed by atoms with Crippen LogP contribution in [0.15, 0.2) is 34.9 Å². The molecule has 2 amide bonds. The van der Waals surface area contributed by atoms with Gasteiger partial charge in [0, 0.05) is 24.8 Å². The van der Waals surface area contributed by atoms with Crippen LogP contribution in [0.3, 0.4) is 0 Å². The summed E-state index contributed by atoms with van der Waals surface area (Å²) in [6.07, 6.45) is 1.43. The molecule has 2 rings (SSSR count). The predicted octanol–water partition coefficient (Wildman–Crippen LogP) is 2.12. The first-order valence-electron chi connectivity index (χ1n) is 8.75. The molecular weight excluding hydrogens is 332 g/mol. The van der Waals surface area contributed by atoms with Crippen LogP contribution < -0.4 is 10.6 Å². The van der Waals surface area contributed by atoms with Crippen LogP contribution >= 0.6 is 0 Å². The Balaban J connectivity index is 1.61. The van der Waals surface area contributed by atoms with E-state index in [9.17, 15) is 9.59 Å². The molecule has 0 saturated heterocycles. The summed E-state index contributed by atoms with van der Waals surface area (Å²) < 4.78 is 5.19. The number of aryl methyl sites for hydroxylation is 1. The minimum absolute atomic E-state index is 0.0274. The van der Waals surface area contributed by atoms with Gasteiger partial charge < -0.3 is 15.2 Å². The number of nitrogens with one attached hydrogen (secondary N) is 2. The van der Waals surface area contributed by atoms with Gasteiger partial charge in [0.25, 0.3) is 0 Å². The van der Waals surface area contributed by atoms with Crippen molar-refractivity contribution in [3.63, 3.8) is 0 Å². The summed E-state index contributed by atoms with van der Waals surface area (Å²) in [5, 5.41) is 9.33. The lowest BCUT2D eigenvalue weighted by molar-refractivity contribution is -0.126. The summed E-state index contributed by atoms with van der Waals surface area (Å²) in [6, 6.07) is 9.61. The fourth-order valence-corrected chi connectivity index (χ4v) is 2.19. The first-order chi connectivity index (χ1) is 12.3. The van der Waals surface area contributed by atoms with Crippen LogP contribution in [0.4, 0.5) is 0 Å². The van der Waals surface area contributed by atoms with Crippen molar-refractivity contribution in [1.82, 2.24) is 20.8 Å². The van der Waals surface area contributed by atoms with E-state index in [0.29, 0.717) is 37.5 Å². The standard InChI is InChI=1S/C19H26N4O3/c1-19(2,3)18-22-17(26-23-18)11-7-10-15(24)21-13-16(25)20-12-14-8-5-4-6-9-14/h4-6,8-9H,7,10-13H2,1-3H3,(H,20,25)(H,21,24). The zero-order valence-corrected chi connectivity index (χ0v) is 15.5. The van der Waals surface area contributed by atoms with Crippen LogP contribution in [0.5, 0.6) is 0 Å². The monoisotopic (exact) mass is 358 g/mol. The summed E-state index contributed by atoms with van der Waals surface area (Å²) in [7, 11) is 0. The van der Waals surface area contributed by atoms with Crippen molar-refractivity contribution < 1.29 is 14.1 Å². The van der Waals surface area contributed by atoms with Crippen molar-refractivity contribution in [1.29, 1.82) is 0 Å². The normalized spacial score (nSPS) is 11.2. The molecule has 1 aromatic carbocycles. The average Bonchev–Trinajstić information content (AvgIpc) is 3.08. The van der Waals surface area contributed by atoms with Gasteiger partial charge in [0.05, 0.1) is 6.54 Å². The van der Waals surface area contributed by atoms with Crippen LogP contribution in [-0.4, -0.2) is 28.5 Å². The first-order valence-corrected chi connectivity index (χ1v) is 8.75. The highest BCUT2D eigenvalue weighted by Crippen LogP contribution is 2.18. The van der Waals surface area contributed by atoms with Crippen molar-refractivity contribution >= 4 is 11.8 Å². The number of hydrogen-bond acceptors (Lipinski definition) is 5. The Hall–Kier alpha value is -2.70. The van der Waals surface area contributed by atoms with Gasteiger partial charge in [-0.05, 0) is 12.0 Å². The maximum Gasteiger partial charge on any atom is 0.239 e. The van der Waals surface area contributed by atoms with Gasteiger partial charge in [-0.3, -0.25) is 9.59 Å². The molecule has 0 bridgehead atoms. The van der Waals surface area contributed by atoms with E-state index in [4.69, 9.17) is 4.52 Å². The number of carbonyl (C=O) groups excluding carboxylic acids is 2. The largest absolute Gasteiger partial charge is 0.350 e. The SMILES string of the molecule is CC(C)(C)c1noc(CCCC(=O)NCC(=O)NCc2ccccc2)n1. The molecule has 7 heteroatoms. The summed E-state index contributed by atoms with van der Waals surface area (Å²) in [6.45, 7) is 6.46. The maximum atomic E-state index is 11.8. The highest BCUT2D eigenvalue weighted by atomic mass is 16.5. The minimum Gasteiger partial charge on any atom is -0.350 e. The molecule has 1 aromatic heterocycles. The molecule has 140 valence electrons. The fourth-order valence-electron chi connectivity index (χ4n) is 2.19. The Morgan fingerprint density at radius 2 is 1.81 bits per heavy atom. The molecule has 0 spiro atoms. The molecule has 0 aliphatic rings. The van der Waals surface area contributed by atoms with Crippen molar-refractivity contribution in [2.24, 2.45) is 0 Å². The average molecular weight is 358 g/mol. The van der Waals surface area contributed by atoms with Gasteiger partial charge in [-0.25, -0.2) is 0 Å². The fraction of sp³-hybridized carbons (Fsp3) is 0.474. The third-order valence-corrected chi connectivity index (χ3v) is 3.71. The van der Waals surface area contributed by atoms with Gasteiger partial charge in [-0.2, -0.15) is 4.98 Å². The third-order valence-electron chi connectivity index (χ3n) is 3.71. The molecule has 0 atom stereocenters. The number of amides is 2. The van der Waals surface area contributed by atoms with E-state index in [-0.39, 0.29) is 23.8 Å². The van der Waals surface area contributed by atoms with E-state index in [1.165, 1.54) is 0 Å². The number of carbonyl (C=O) groups is 2. The Kier molecular flexibility index (Phi) is 6.89. The third kappa shape index (κ3) is 6.66. The quantitative estimate of drug-likeness (QED) is 0.753. The number of rotatable bonds is 8. The molecule has 26 heavy (non-hydrogen) atoms. The molecule has 0 aliphatic carbocycles. The summed E-state index contributed by atoms with van der Waals surface area (Å²) in [4.78, 5) is 27.9. The van der Waals surface area contributed by atoms with E-state index < -0.39 is 0 Å². The first kappa shape index (κ1) is 19.6. The molecule has 0 unspecified atom stereocenters. The molecule has 0 saturated carbocycles. The number of nitrogens with zero attached hydrogens (tertiary/aromatic N) is 2. The van der Waals surface area contributed by atoms with Crippen LogP contribution in [0.25, 0.3) is 0 Å². The van der Waals surface area contributed by atoms with Crippen LogP contribution in [0.2, 0.25) is 0 Å². The van der Waals surface area contributed by atoms with Gasteiger partial charge in [0.2, 0.25) is 17.7 Å². The number of aromatic nitrogens is 2. The van der Waals surface area contributed by atoms with E-state index in [2.05, 4.69) is 20.8 Å². The minimum atomic E-state index is -0.214. The van der Waals surface area contributed by atoms with Gasteiger partial charge in [0.1, 0.15) is 0 Å². The van der Waals surface area contributed by atoms with Gasteiger partial charge in [-0.15, -0.1) is 0 Å². The second kappa shape index (κ2) is 9.12. The zero-order chi connectivity index (χ0) is 19.0. The molecule has 7 nitrogen and oxygen atoms in total. The second-order valence-corrected chi connectivity index (χ2v) is 7.15. The Bertz CT molecular complexity index is 720. The van der Waals surface area contributed by atoms with E-state index >= 15 is 0 Å². The van der Waals surface area contributed by atoms with Crippen molar-refractivity contribution in [3.8, 4) is 0 Å². The molecule has 0 aliphatic heterocycles. The van der Waals surface area contributed by atoms with E-state index in [1.54, 1.807) is 0 Å². The van der Waals surface area contributed by atoms with Gasteiger partial charge >= 0.3 is 0 Å². The van der Waals surface area contributed by atoms with Crippen molar-refractivity contribution in [2.45, 2.75) is 52.0 Å². The molecule has 0 fully saturated rings. The van der Waals surface area contributed by atoms with Gasteiger partial charge in [0.15, 0.2) is 5.82 Å². The summed E-state index contributed by atoms with van der Waals surface area (Å²) in [5.41, 5.74) is 0.855. The van der Waals surface area contributed by atoms with Gasteiger partial charge in [-0.1, -0.05) is 56.3 Å². The second-order valence-electron chi connectivity index (χ2n) is 7.15. The predicted molar refractivity (Wildman–Crippen MR) is 97.2 cm³/mol. The molecule has 2 N–H and O–H groups in total. The smallest absolute Gasteiger partial charge is 0.239 e. The van der Waals surface area contributed by atoms with Crippen LogP contribution in [0.1, 0.15) is 50.9 Å². The van der Waals surface area contributed by atoms with Crippen LogP contribution in [0, 0.1) is 0 Å². The Morgan fingerprint density at radius 3 is 2.46 bits per heavy atom. The van der Waals surface area contributed by atoms with Crippen molar-refractivity contribution in [2.75, 3.05) is 6.54 Å². The molecular formula is C19H26N4O3. The Morgan fingerprint density at radius 1 is 1.08 bits per heavy atom. The lowest BCUT2D eigenvalue weighted by Crippen LogP contribution is -2.36. The lowest BCUT2D eigenvalue weighted by Gasteiger charge is -2.10. The van der Waals surface area contributed by atoms with Crippen LogP contribution in [-0.2, 0) is 28.0 Å². The summed E-state index contributed by atoms with van der Waals surface area (Å²) in [5.74, 6) is 0.805. The van der Waals surface area contributed by atoms with E-state index in [0.717, 1.165) is 5.56 Å². The highest BCUT2D eigenvalue weighted by Gasteiger charge is 2.20. The highest BCUT2D eigenvalue weighted by molar-refractivity contribution is 5.84. The van der Waals surface area contributed by atoms with E-state index in [1.807, 2.05) is 51.1 Å². The molecule has 2 aromatic rings. The summed E-state index contributed by atoms with van der Waals surface area (Å²) >= 11 is 0. The topological polar surface area (TPSA) is 97.1 Å². The van der Waals surface area contributed by atoms with Crippen molar-refractivity contribution in [3.05, 3.63) is 47.6 Å². The maximum absolute atomic E-state index is 11.8.